The number of rotatable bonds is 4. The summed E-state index contributed by atoms with van der Waals surface area (Å²) >= 11 is 0. The molecule has 2 aromatic rings. The number of likely N-dealkylation sites (N-methyl/N-ethyl adjacent to an activating group) is 1. The summed E-state index contributed by atoms with van der Waals surface area (Å²) in [5.41, 5.74) is -2.10. The molecule has 0 amide bonds. The highest BCUT2D eigenvalue weighted by Crippen LogP contribution is 2.52. The summed E-state index contributed by atoms with van der Waals surface area (Å²) in [5.74, 6) is -2.24. The molecule has 38 heavy (non-hydrogen) atoms. The number of aliphatic hydroxyl groups is 3. The first-order valence-electron chi connectivity index (χ1n) is 12.8. The van der Waals surface area contributed by atoms with Crippen molar-refractivity contribution < 1.29 is 44.6 Å². The first-order chi connectivity index (χ1) is 17.9. The maximum atomic E-state index is 13.5. The van der Waals surface area contributed by atoms with E-state index in [1.54, 1.807) is 13.8 Å². The quantitative estimate of drug-likeness (QED) is 0.340. The molecule has 3 aliphatic rings. The highest BCUT2D eigenvalue weighted by Gasteiger charge is 2.49. The number of hydrogen-bond acceptors (Lipinski definition) is 10. The van der Waals surface area contributed by atoms with E-state index in [2.05, 4.69) is 0 Å². The number of aliphatic hydroxyl groups excluding tert-OH is 2. The fourth-order valence-electron chi connectivity index (χ4n) is 6.01. The van der Waals surface area contributed by atoms with Gasteiger partial charge in [-0.25, -0.2) is 0 Å². The molecule has 0 saturated carbocycles. The lowest BCUT2D eigenvalue weighted by atomic mass is 9.71. The standard InChI is InChI=1S/C28H33NO9/c1-5-28(36)11-18(38-19-10-16(29(3)4)23(31)12(2)37-19)21-15(27(28)35)9-14-22(26(21)34)25(33)20-13(24(14)32)7-6-8-17(20)30/h6-9,12,16,18-19,23,27,30-31,34-36H,5,10-11H2,1-4H3/t12-,16-,18-,19-,23+,27-,28-/m1/s1. The van der Waals surface area contributed by atoms with Crippen LogP contribution in [0.25, 0.3) is 0 Å². The van der Waals surface area contributed by atoms with Gasteiger partial charge < -0.3 is 39.9 Å². The van der Waals surface area contributed by atoms with E-state index in [0.717, 1.165) is 0 Å². The molecule has 1 fully saturated rings. The van der Waals surface area contributed by atoms with Crippen LogP contribution in [0.2, 0.25) is 0 Å². The van der Waals surface area contributed by atoms with Crippen molar-refractivity contribution in [3.8, 4) is 11.5 Å². The SMILES string of the molecule is CC[C@@]1(O)C[C@@H](O[C@@H]2C[C@@H](N(C)C)[C@@H](O)[C@@H](C)O2)c2c(cc3c(c2O)C(=O)c2c(O)cccc2C3=O)[C@H]1O. The Morgan fingerprint density at radius 2 is 1.82 bits per heavy atom. The van der Waals surface area contributed by atoms with Gasteiger partial charge in [0.25, 0.3) is 0 Å². The predicted octanol–water partition coefficient (Wildman–Crippen LogP) is 1.94. The topological polar surface area (TPSA) is 157 Å². The molecule has 2 aliphatic carbocycles. The van der Waals surface area contributed by atoms with Gasteiger partial charge in [-0.1, -0.05) is 19.1 Å². The summed E-state index contributed by atoms with van der Waals surface area (Å²) in [6.07, 6.45) is -4.28. The zero-order chi connectivity index (χ0) is 27.7. The van der Waals surface area contributed by atoms with E-state index in [0.29, 0.717) is 6.42 Å². The van der Waals surface area contributed by atoms with E-state index in [-0.39, 0.29) is 58.0 Å². The van der Waals surface area contributed by atoms with Crippen LogP contribution in [-0.2, 0) is 9.47 Å². The Hall–Kier alpha value is -2.86. The number of carbonyl (C=O) groups excluding carboxylic acids is 2. The number of nitrogens with zero attached hydrogens (tertiary/aromatic N) is 1. The molecule has 0 spiro atoms. The van der Waals surface area contributed by atoms with Crippen molar-refractivity contribution in [2.45, 2.75) is 75.5 Å². The second-order valence-corrected chi connectivity index (χ2v) is 10.7. The predicted molar refractivity (Wildman–Crippen MR) is 134 cm³/mol. The zero-order valence-corrected chi connectivity index (χ0v) is 21.7. The highest BCUT2D eigenvalue weighted by molar-refractivity contribution is 6.30. The molecule has 2 aromatic carbocycles. The van der Waals surface area contributed by atoms with E-state index >= 15 is 0 Å². The Labute approximate surface area is 220 Å². The fraction of sp³-hybridized carbons (Fsp3) is 0.500. The molecule has 204 valence electrons. The lowest BCUT2D eigenvalue weighted by Gasteiger charge is -2.45. The molecule has 1 aliphatic heterocycles. The molecule has 7 atom stereocenters. The van der Waals surface area contributed by atoms with Crippen molar-refractivity contribution in [1.29, 1.82) is 0 Å². The highest BCUT2D eigenvalue weighted by atomic mass is 16.7. The Balaban J connectivity index is 1.63. The number of hydrogen-bond donors (Lipinski definition) is 5. The minimum Gasteiger partial charge on any atom is -0.507 e. The Morgan fingerprint density at radius 3 is 2.47 bits per heavy atom. The van der Waals surface area contributed by atoms with Gasteiger partial charge in [0.15, 0.2) is 12.1 Å². The van der Waals surface area contributed by atoms with Crippen LogP contribution in [0.4, 0.5) is 0 Å². The van der Waals surface area contributed by atoms with Crippen molar-refractivity contribution >= 4 is 11.6 Å². The average molecular weight is 528 g/mol. The fourth-order valence-corrected chi connectivity index (χ4v) is 6.01. The number of ketones is 2. The van der Waals surface area contributed by atoms with Crippen LogP contribution >= 0.6 is 0 Å². The van der Waals surface area contributed by atoms with Gasteiger partial charge in [0.05, 0.1) is 35.0 Å². The minimum atomic E-state index is -1.64. The Kier molecular flexibility index (Phi) is 6.62. The van der Waals surface area contributed by atoms with E-state index in [4.69, 9.17) is 9.47 Å². The van der Waals surface area contributed by atoms with Crippen LogP contribution in [0.1, 0.15) is 88.3 Å². The van der Waals surface area contributed by atoms with Gasteiger partial charge in [0.2, 0.25) is 5.78 Å². The first-order valence-corrected chi connectivity index (χ1v) is 12.8. The molecule has 10 heteroatoms. The lowest BCUT2D eigenvalue weighted by molar-refractivity contribution is -0.261. The Morgan fingerprint density at radius 1 is 1.11 bits per heavy atom. The zero-order valence-electron chi connectivity index (χ0n) is 21.7. The monoisotopic (exact) mass is 527 g/mol. The second-order valence-electron chi connectivity index (χ2n) is 10.7. The minimum absolute atomic E-state index is 0.0106. The Bertz CT molecular complexity index is 1310. The summed E-state index contributed by atoms with van der Waals surface area (Å²) in [6.45, 7) is 3.43. The maximum absolute atomic E-state index is 13.5. The van der Waals surface area contributed by atoms with Crippen LogP contribution in [0.15, 0.2) is 24.3 Å². The number of aromatic hydroxyl groups is 2. The normalized spacial score (nSPS) is 32.6. The van der Waals surface area contributed by atoms with Crippen LogP contribution in [0.5, 0.6) is 11.5 Å². The third-order valence-electron chi connectivity index (χ3n) is 8.29. The molecular formula is C28H33NO9. The molecule has 0 radical (unpaired) electrons. The van der Waals surface area contributed by atoms with E-state index in [9.17, 15) is 35.1 Å². The molecule has 0 unspecified atom stereocenters. The molecule has 0 bridgehead atoms. The molecule has 5 rings (SSSR count). The number of phenols is 2. The van der Waals surface area contributed by atoms with Gasteiger partial charge in [-0.3, -0.25) is 9.59 Å². The summed E-state index contributed by atoms with van der Waals surface area (Å²) in [5, 5.41) is 54.9. The van der Waals surface area contributed by atoms with Crippen LogP contribution < -0.4 is 0 Å². The van der Waals surface area contributed by atoms with Gasteiger partial charge in [0, 0.05) is 35.6 Å². The molecule has 5 N–H and O–H groups in total. The van der Waals surface area contributed by atoms with Gasteiger partial charge >= 0.3 is 0 Å². The van der Waals surface area contributed by atoms with Crippen molar-refractivity contribution in [2.24, 2.45) is 0 Å². The van der Waals surface area contributed by atoms with Crippen molar-refractivity contribution in [3.05, 3.63) is 57.6 Å². The van der Waals surface area contributed by atoms with Gasteiger partial charge in [-0.15, -0.1) is 0 Å². The third kappa shape index (κ3) is 3.95. The number of phenolic OH excluding ortho intramolecular Hbond substituents is 2. The van der Waals surface area contributed by atoms with Crippen LogP contribution in [-0.4, -0.2) is 86.2 Å². The summed E-state index contributed by atoms with van der Waals surface area (Å²) in [6, 6.07) is 5.20. The van der Waals surface area contributed by atoms with Gasteiger partial charge in [0.1, 0.15) is 17.6 Å². The van der Waals surface area contributed by atoms with E-state index in [1.807, 2.05) is 19.0 Å². The summed E-state index contributed by atoms with van der Waals surface area (Å²) in [4.78, 5) is 28.7. The van der Waals surface area contributed by atoms with Gasteiger partial charge in [-0.05, 0) is 45.1 Å². The van der Waals surface area contributed by atoms with Gasteiger partial charge in [-0.2, -0.15) is 0 Å². The summed E-state index contributed by atoms with van der Waals surface area (Å²) in [7, 11) is 3.66. The number of carbonyl (C=O) groups is 2. The van der Waals surface area contributed by atoms with E-state index in [1.165, 1.54) is 24.3 Å². The number of ether oxygens (including phenoxy) is 2. The number of fused-ring (bicyclic) bond motifs is 3. The molecule has 0 aromatic heterocycles. The molecule has 1 saturated heterocycles. The largest absolute Gasteiger partial charge is 0.507 e. The molecule has 1 heterocycles. The maximum Gasteiger partial charge on any atom is 0.201 e. The van der Waals surface area contributed by atoms with Crippen LogP contribution in [0.3, 0.4) is 0 Å². The lowest BCUT2D eigenvalue weighted by Crippen LogP contribution is -2.54. The first kappa shape index (κ1) is 26.7. The molecule has 10 nitrogen and oxygen atoms in total. The van der Waals surface area contributed by atoms with Crippen molar-refractivity contribution in [2.75, 3.05) is 14.1 Å². The van der Waals surface area contributed by atoms with Crippen LogP contribution in [0, 0.1) is 0 Å². The third-order valence-corrected chi connectivity index (χ3v) is 8.29. The molecular weight excluding hydrogens is 494 g/mol. The average Bonchev–Trinajstić information content (AvgIpc) is 2.86. The second kappa shape index (κ2) is 9.41. The smallest absolute Gasteiger partial charge is 0.201 e. The summed E-state index contributed by atoms with van der Waals surface area (Å²) < 4.78 is 12.2. The van der Waals surface area contributed by atoms with Crippen molar-refractivity contribution in [3.63, 3.8) is 0 Å². The van der Waals surface area contributed by atoms with Crippen molar-refractivity contribution in [1.82, 2.24) is 4.90 Å². The van der Waals surface area contributed by atoms with E-state index < -0.39 is 53.6 Å². The number of benzene rings is 2.